The van der Waals surface area contributed by atoms with Crippen molar-refractivity contribution in [1.82, 2.24) is 9.55 Å². The van der Waals surface area contributed by atoms with Crippen LogP contribution in [0.25, 0.3) is 0 Å². The minimum atomic E-state index is -0.113. The zero-order valence-corrected chi connectivity index (χ0v) is 14.2. The Balaban J connectivity index is 1.67. The Labute approximate surface area is 143 Å². The minimum Gasteiger partial charge on any atom is -0.331 e. The number of imidazole rings is 1. The molecule has 1 amide bonds. The Morgan fingerprint density at radius 3 is 2.43 bits per heavy atom. The number of benzene rings is 2. The SMILES string of the molecule is Cc1nccn1Cc1ccc(C(=O)Nc2ccc(Br)cc2)cc1. The molecule has 0 unspecified atom stereocenters. The van der Waals surface area contributed by atoms with Crippen molar-refractivity contribution in [2.75, 3.05) is 5.32 Å². The summed E-state index contributed by atoms with van der Waals surface area (Å²) in [5, 5.41) is 2.88. The molecule has 0 saturated heterocycles. The van der Waals surface area contributed by atoms with Crippen LogP contribution in [0.3, 0.4) is 0 Å². The van der Waals surface area contributed by atoms with E-state index in [1.54, 1.807) is 6.20 Å². The van der Waals surface area contributed by atoms with Gasteiger partial charge in [-0.15, -0.1) is 0 Å². The van der Waals surface area contributed by atoms with Gasteiger partial charge in [-0.3, -0.25) is 4.79 Å². The molecule has 1 aromatic heterocycles. The van der Waals surface area contributed by atoms with Gasteiger partial charge in [-0.2, -0.15) is 0 Å². The van der Waals surface area contributed by atoms with Crippen LogP contribution < -0.4 is 5.32 Å². The molecule has 116 valence electrons. The second-order valence-electron chi connectivity index (χ2n) is 5.26. The highest BCUT2D eigenvalue weighted by Crippen LogP contribution is 2.15. The maximum Gasteiger partial charge on any atom is 0.255 e. The topological polar surface area (TPSA) is 46.9 Å². The van der Waals surface area contributed by atoms with E-state index in [4.69, 9.17) is 0 Å². The summed E-state index contributed by atoms with van der Waals surface area (Å²) >= 11 is 3.37. The third-order valence-electron chi connectivity index (χ3n) is 3.59. The van der Waals surface area contributed by atoms with E-state index in [0.29, 0.717) is 5.56 Å². The first-order chi connectivity index (χ1) is 11.1. The van der Waals surface area contributed by atoms with Crippen LogP contribution in [0.4, 0.5) is 5.69 Å². The van der Waals surface area contributed by atoms with Gasteiger partial charge in [0.15, 0.2) is 0 Å². The van der Waals surface area contributed by atoms with Crippen LogP contribution >= 0.6 is 15.9 Å². The number of aromatic nitrogens is 2. The third-order valence-corrected chi connectivity index (χ3v) is 4.12. The summed E-state index contributed by atoms with van der Waals surface area (Å²) in [6.07, 6.45) is 3.73. The third kappa shape index (κ3) is 3.87. The molecule has 1 heterocycles. The number of aryl methyl sites for hydroxylation is 1. The van der Waals surface area contributed by atoms with Gasteiger partial charge in [-0.05, 0) is 48.9 Å². The van der Waals surface area contributed by atoms with Gasteiger partial charge in [0.25, 0.3) is 5.91 Å². The first-order valence-electron chi connectivity index (χ1n) is 7.25. The molecular formula is C18H16BrN3O. The van der Waals surface area contributed by atoms with E-state index in [-0.39, 0.29) is 5.91 Å². The summed E-state index contributed by atoms with van der Waals surface area (Å²) in [5.41, 5.74) is 2.54. The van der Waals surface area contributed by atoms with Crippen LogP contribution in [0.5, 0.6) is 0 Å². The van der Waals surface area contributed by atoms with Gasteiger partial charge in [0, 0.05) is 34.7 Å². The van der Waals surface area contributed by atoms with Crippen LogP contribution in [0.1, 0.15) is 21.7 Å². The number of carbonyl (C=O) groups excluding carboxylic acids is 1. The van der Waals surface area contributed by atoms with Crippen molar-refractivity contribution in [3.63, 3.8) is 0 Å². The Hall–Kier alpha value is -2.40. The number of nitrogens with one attached hydrogen (secondary N) is 1. The van der Waals surface area contributed by atoms with E-state index in [1.807, 2.05) is 61.7 Å². The summed E-state index contributed by atoms with van der Waals surface area (Å²) in [7, 11) is 0. The van der Waals surface area contributed by atoms with Crippen LogP contribution in [-0.2, 0) is 6.54 Å². The Morgan fingerprint density at radius 2 is 1.83 bits per heavy atom. The molecule has 0 aliphatic heterocycles. The predicted molar refractivity (Wildman–Crippen MR) is 94.6 cm³/mol. The van der Waals surface area contributed by atoms with Crippen LogP contribution in [-0.4, -0.2) is 15.5 Å². The average Bonchev–Trinajstić information content (AvgIpc) is 2.95. The molecule has 0 saturated carbocycles. The lowest BCUT2D eigenvalue weighted by atomic mass is 10.1. The monoisotopic (exact) mass is 369 g/mol. The van der Waals surface area contributed by atoms with Crippen molar-refractivity contribution in [3.8, 4) is 0 Å². The highest BCUT2D eigenvalue weighted by molar-refractivity contribution is 9.10. The van der Waals surface area contributed by atoms with Gasteiger partial charge in [0.1, 0.15) is 5.82 Å². The van der Waals surface area contributed by atoms with Crippen LogP contribution in [0, 0.1) is 6.92 Å². The summed E-state index contributed by atoms with van der Waals surface area (Å²) in [5.74, 6) is 0.861. The molecule has 0 bridgehead atoms. The van der Waals surface area contributed by atoms with Crippen LogP contribution in [0.15, 0.2) is 65.4 Å². The lowest BCUT2D eigenvalue weighted by Gasteiger charge is -2.08. The number of halogens is 1. The molecule has 4 nitrogen and oxygen atoms in total. The molecule has 0 atom stereocenters. The molecule has 0 aliphatic rings. The molecule has 0 radical (unpaired) electrons. The standard InChI is InChI=1S/C18H16BrN3O/c1-13-20-10-11-22(13)12-14-2-4-15(5-3-14)18(23)21-17-8-6-16(19)7-9-17/h2-11H,12H2,1H3,(H,21,23). The van der Waals surface area contributed by atoms with E-state index in [0.717, 1.165) is 28.1 Å². The smallest absolute Gasteiger partial charge is 0.255 e. The molecule has 0 aliphatic carbocycles. The Morgan fingerprint density at radius 1 is 1.13 bits per heavy atom. The summed E-state index contributed by atoms with van der Waals surface area (Å²) < 4.78 is 3.05. The first-order valence-corrected chi connectivity index (χ1v) is 8.05. The summed E-state index contributed by atoms with van der Waals surface area (Å²) in [4.78, 5) is 16.5. The molecular weight excluding hydrogens is 354 g/mol. The highest BCUT2D eigenvalue weighted by Gasteiger charge is 2.06. The number of nitrogens with zero attached hydrogens (tertiary/aromatic N) is 2. The molecule has 3 rings (SSSR count). The maximum absolute atomic E-state index is 12.2. The average molecular weight is 370 g/mol. The molecule has 5 heteroatoms. The second kappa shape index (κ2) is 6.79. The Kier molecular flexibility index (Phi) is 4.57. The number of hydrogen-bond acceptors (Lipinski definition) is 2. The lowest BCUT2D eigenvalue weighted by Crippen LogP contribution is -2.12. The quantitative estimate of drug-likeness (QED) is 0.746. The van der Waals surface area contributed by atoms with Gasteiger partial charge in [-0.1, -0.05) is 28.1 Å². The van der Waals surface area contributed by atoms with Crippen molar-refractivity contribution >= 4 is 27.5 Å². The second-order valence-corrected chi connectivity index (χ2v) is 6.18. The molecule has 2 aromatic carbocycles. The largest absolute Gasteiger partial charge is 0.331 e. The number of carbonyl (C=O) groups is 1. The molecule has 23 heavy (non-hydrogen) atoms. The number of amides is 1. The number of rotatable bonds is 4. The molecule has 1 N–H and O–H groups in total. The predicted octanol–water partition coefficient (Wildman–Crippen LogP) is 4.25. The highest BCUT2D eigenvalue weighted by atomic mass is 79.9. The lowest BCUT2D eigenvalue weighted by molar-refractivity contribution is 0.102. The zero-order valence-electron chi connectivity index (χ0n) is 12.7. The van der Waals surface area contributed by atoms with Crippen molar-refractivity contribution in [3.05, 3.63) is 82.3 Å². The van der Waals surface area contributed by atoms with Crippen LogP contribution in [0.2, 0.25) is 0 Å². The zero-order chi connectivity index (χ0) is 16.2. The molecule has 0 spiro atoms. The van der Waals surface area contributed by atoms with Crippen molar-refractivity contribution < 1.29 is 4.79 Å². The normalized spacial score (nSPS) is 10.5. The fourth-order valence-corrected chi connectivity index (χ4v) is 2.53. The maximum atomic E-state index is 12.2. The van der Waals surface area contributed by atoms with E-state index >= 15 is 0 Å². The summed E-state index contributed by atoms with van der Waals surface area (Å²) in [6, 6.07) is 15.1. The minimum absolute atomic E-state index is 0.113. The first kappa shape index (κ1) is 15.5. The number of hydrogen-bond donors (Lipinski definition) is 1. The Bertz CT molecular complexity index is 807. The number of anilines is 1. The van der Waals surface area contributed by atoms with Crippen molar-refractivity contribution in [2.24, 2.45) is 0 Å². The fourth-order valence-electron chi connectivity index (χ4n) is 2.27. The van der Waals surface area contributed by atoms with Crippen molar-refractivity contribution in [2.45, 2.75) is 13.5 Å². The van der Waals surface area contributed by atoms with E-state index in [9.17, 15) is 4.79 Å². The van der Waals surface area contributed by atoms with Gasteiger partial charge in [0.2, 0.25) is 0 Å². The fraction of sp³-hybridized carbons (Fsp3) is 0.111. The summed E-state index contributed by atoms with van der Waals surface area (Å²) in [6.45, 7) is 2.72. The molecule has 0 fully saturated rings. The van der Waals surface area contributed by atoms with Gasteiger partial charge in [-0.25, -0.2) is 4.98 Å². The van der Waals surface area contributed by atoms with Crippen molar-refractivity contribution in [1.29, 1.82) is 0 Å². The van der Waals surface area contributed by atoms with E-state index in [2.05, 4.69) is 30.8 Å². The van der Waals surface area contributed by atoms with E-state index < -0.39 is 0 Å². The van der Waals surface area contributed by atoms with Gasteiger partial charge >= 0.3 is 0 Å². The molecule has 3 aromatic rings. The van der Waals surface area contributed by atoms with E-state index in [1.165, 1.54) is 0 Å². The van der Waals surface area contributed by atoms with Gasteiger partial charge in [0.05, 0.1) is 0 Å². The van der Waals surface area contributed by atoms with Gasteiger partial charge < -0.3 is 9.88 Å².